The maximum atomic E-state index is 12.9. The lowest BCUT2D eigenvalue weighted by atomic mass is 10.2. The van der Waals surface area contributed by atoms with Crippen LogP contribution in [0.4, 0.5) is 0 Å². The lowest BCUT2D eigenvalue weighted by Crippen LogP contribution is -2.26. The summed E-state index contributed by atoms with van der Waals surface area (Å²) in [6, 6.07) is 8.81. The van der Waals surface area contributed by atoms with Gasteiger partial charge in [-0.15, -0.1) is 0 Å². The fraction of sp³-hybridized carbons (Fsp3) is 0.304. The molecule has 33 heavy (non-hydrogen) atoms. The molecule has 0 saturated carbocycles. The molecule has 0 N–H and O–H groups in total. The molecule has 1 aromatic heterocycles. The number of carbonyl (C=O) groups is 1. The van der Waals surface area contributed by atoms with Gasteiger partial charge in [0.25, 0.3) is 5.56 Å². The van der Waals surface area contributed by atoms with Gasteiger partial charge in [-0.2, -0.15) is 9.78 Å². The number of halogens is 2. The summed E-state index contributed by atoms with van der Waals surface area (Å²) in [6.45, 7) is 7.55. The van der Waals surface area contributed by atoms with Crippen LogP contribution < -0.4 is 15.0 Å². The lowest BCUT2D eigenvalue weighted by Gasteiger charge is -2.18. The average molecular weight is 581 g/mol. The van der Waals surface area contributed by atoms with E-state index in [9.17, 15) is 9.59 Å². The summed E-state index contributed by atoms with van der Waals surface area (Å²) in [5.74, 6) is 0.787. The van der Waals surface area contributed by atoms with Crippen molar-refractivity contribution in [1.82, 2.24) is 9.66 Å². The topological polar surface area (TPSA) is 92.0 Å². The highest BCUT2D eigenvalue weighted by Crippen LogP contribution is 2.37. The molecule has 10 heteroatoms. The van der Waals surface area contributed by atoms with Crippen molar-refractivity contribution in [3.63, 3.8) is 0 Å². The number of carbonyl (C=O) groups excluding carboxylic acids is 1. The van der Waals surface area contributed by atoms with Crippen molar-refractivity contribution in [3.8, 4) is 11.5 Å². The van der Waals surface area contributed by atoms with Crippen LogP contribution in [0.15, 0.2) is 49.2 Å². The van der Waals surface area contributed by atoms with Crippen molar-refractivity contribution >= 4 is 54.9 Å². The monoisotopic (exact) mass is 579 g/mol. The molecule has 0 unspecified atom stereocenters. The molecule has 1 heterocycles. The largest absolute Gasteiger partial charge is 0.490 e. The van der Waals surface area contributed by atoms with Gasteiger partial charge in [0.05, 0.1) is 34.8 Å². The van der Waals surface area contributed by atoms with Crippen LogP contribution in [0, 0.1) is 6.92 Å². The molecule has 0 saturated heterocycles. The molecule has 0 amide bonds. The second kappa shape index (κ2) is 10.9. The third kappa shape index (κ3) is 5.80. The van der Waals surface area contributed by atoms with Gasteiger partial charge in [0, 0.05) is 4.47 Å². The van der Waals surface area contributed by atoms with E-state index in [1.54, 1.807) is 45.0 Å². The number of aryl methyl sites for hydroxylation is 1. The van der Waals surface area contributed by atoms with Crippen LogP contribution in [0.5, 0.6) is 11.5 Å². The molecule has 0 radical (unpaired) electrons. The van der Waals surface area contributed by atoms with Crippen molar-refractivity contribution < 1.29 is 19.0 Å². The summed E-state index contributed by atoms with van der Waals surface area (Å²) in [7, 11) is 0. The number of ether oxygens (including phenoxy) is 3. The van der Waals surface area contributed by atoms with E-state index >= 15 is 0 Å². The molecule has 3 aromatic rings. The van der Waals surface area contributed by atoms with Gasteiger partial charge in [-0.1, -0.05) is 15.9 Å². The third-order valence-corrected chi connectivity index (χ3v) is 5.62. The Morgan fingerprint density at radius 3 is 2.67 bits per heavy atom. The highest BCUT2D eigenvalue weighted by molar-refractivity contribution is 9.10. The first kappa shape index (κ1) is 24.9. The summed E-state index contributed by atoms with van der Waals surface area (Å²) in [5.41, 5.74) is 0.982. The Balaban J connectivity index is 1.97. The van der Waals surface area contributed by atoms with Gasteiger partial charge in [-0.05, 0) is 79.5 Å². The minimum absolute atomic E-state index is 0.265. The van der Waals surface area contributed by atoms with Crippen LogP contribution in [-0.2, 0) is 9.53 Å². The Morgan fingerprint density at radius 1 is 1.21 bits per heavy atom. The molecule has 3 rings (SSSR count). The van der Waals surface area contributed by atoms with Gasteiger partial charge in [0.2, 0.25) is 0 Å². The van der Waals surface area contributed by atoms with E-state index in [1.165, 1.54) is 10.9 Å². The molecular formula is C23H23Br2N3O5. The van der Waals surface area contributed by atoms with Crippen molar-refractivity contribution in [2.45, 2.75) is 33.8 Å². The van der Waals surface area contributed by atoms with Crippen molar-refractivity contribution in [2.24, 2.45) is 5.10 Å². The quantitative estimate of drug-likeness (QED) is 0.280. The third-order valence-electron chi connectivity index (χ3n) is 4.54. The van der Waals surface area contributed by atoms with E-state index in [2.05, 4.69) is 41.9 Å². The molecule has 0 aliphatic heterocycles. The fourth-order valence-corrected chi connectivity index (χ4v) is 3.96. The number of nitrogens with zero attached hydrogens (tertiary/aromatic N) is 3. The summed E-state index contributed by atoms with van der Waals surface area (Å²) < 4.78 is 19.1. The maximum absolute atomic E-state index is 12.9. The molecule has 1 atom stereocenters. The molecule has 0 fully saturated rings. The Morgan fingerprint density at radius 2 is 1.97 bits per heavy atom. The first-order valence-electron chi connectivity index (χ1n) is 10.3. The smallest absolute Gasteiger partial charge is 0.347 e. The number of aromatic nitrogens is 2. The minimum atomic E-state index is -0.816. The van der Waals surface area contributed by atoms with Gasteiger partial charge in [-0.3, -0.25) is 4.79 Å². The number of fused-ring (bicyclic) bond motifs is 1. The second-order valence-electron chi connectivity index (χ2n) is 6.96. The van der Waals surface area contributed by atoms with Crippen LogP contribution in [0.3, 0.4) is 0 Å². The average Bonchev–Trinajstić information content (AvgIpc) is 2.76. The summed E-state index contributed by atoms with van der Waals surface area (Å²) in [4.78, 5) is 29.4. The van der Waals surface area contributed by atoms with Crippen molar-refractivity contribution in [1.29, 1.82) is 0 Å². The number of benzene rings is 2. The van der Waals surface area contributed by atoms with E-state index in [-0.39, 0.29) is 12.2 Å². The van der Waals surface area contributed by atoms with Crippen LogP contribution in [0.2, 0.25) is 0 Å². The van der Waals surface area contributed by atoms with Crippen molar-refractivity contribution in [3.05, 3.63) is 61.0 Å². The molecule has 2 aromatic carbocycles. The summed E-state index contributed by atoms with van der Waals surface area (Å²) in [6.07, 6.45) is 0.718. The van der Waals surface area contributed by atoms with E-state index in [0.717, 1.165) is 4.47 Å². The molecule has 0 bridgehead atoms. The Kier molecular flexibility index (Phi) is 8.25. The van der Waals surface area contributed by atoms with Gasteiger partial charge in [0.1, 0.15) is 5.82 Å². The van der Waals surface area contributed by atoms with E-state index in [4.69, 9.17) is 14.2 Å². The molecule has 0 aliphatic rings. The predicted octanol–water partition coefficient (Wildman–Crippen LogP) is 4.84. The first-order chi connectivity index (χ1) is 15.7. The van der Waals surface area contributed by atoms with Crippen LogP contribution in [0.25, 0.3) is 10.9 Å². The standard InChI is InChI=1S/C23H23Br2N3O5/c1-5-31-20-10-15(9-18(25)21(20)33-13(3)23(30)32-6-2)12-26-28-14(4)27-19-8-7-16(24)11-17(19)22(28)29/h7-13H,5-6H2,1-4H3/t13-/m1/s1. The van der Waals surface area contributed by atoms with Gasteiger partial charge in [-0.25, -0.2) is 9.78 Å². The molecule has 0 aliphatic carbocycles. The van der Waals surface area contributed by atoms with Crippen LogP contribution in [0.1, 0.15) is 32.2 Å². The van der Waals surface area contributed by atoms with Gasteiger partial charge in [0.15, 0.2) is 17.6 Å². The second-order valence-corrected chi connectivity index (χ2v) is 8.73. The zero-order valence-corrected chi connectivity index (χ0v) is 21.8. The SMILES string of the molecule is CCOC(=O)[C@@H](C)Oc1c(Br)cc(C=Nn2c(C)nc3ccc(Br)cc3c2=O)cc1OCC. The van der Waals surface area contributed by atoms with Gasteiger partial charge >= 0.3 is 5.97 Å². The highest BCUT2D eigenvalue weighted by Gasteiger charge is 2.21. The predicted molar refractivity (Wildman–Crippen MR) is 133 cm³/mol. The zero-order valence-electron chi connectivity index (χ0n) is 18.6. The van der Waals surface area contributed by atoms with Crippen LogP contribution >= 0.6 is 31.9 Å². The number of hydrogen-bond donors (Lipinski definition) is 0. The van der Waals surface area contributed by atoms with E-state index < -0.39 is 12.1 Å². The first-order valence-corrected chi connectivity index (χ1v) is 11.9. The summed E-state index contributed by atoms with van der Waals surface area (Å²) in [5, 5.41) is 4.81. The lowest BCUT2D eigenvalue weighted by molar-refractivity contribution is -0.150. The normalized spacial score (nSPS) is 12.2. The summed E-state index contributed by atoms with van der Waals surface area (Å²) >= 11 is 6.86. The van der Waals surface area contributed by atoms with Gasteiger partial charge < -0.3 is 14.2 Å². The Bertz CT molecular complexity index is 1270. The number of rotatable bonds is 8. The Labute approximate surface area is 207 Å². The van der Waals surface area contributed by atoms with E-state index in [1.807, 2.05) is 13.0 Å². The molecular weight excluding hydrogens is 558 g/mol. The number of hydrogen-bond acceptors (Lipinski definition) is 7. The fourth-order valence-electron chi connectivity index (χ4n) is 3.04. The van der Waals surface area contributed by atoms with Crippen LogP contribution in [-0.4, -0.2) is 41.2 Å². The van der Waals surface area contributed by atoms with Crippen molar-refractivity contribution in [2.75, 3.05) is 13.2 Å². The number of esters is 1. The van der Waals surface area contributed by atoms with E-state index in [0.29, 0.717) is 44.9 Å². The molecule has 174 valence electrons. The molecule has 0 spiro atoms. The maximum Gasteiger partial charge on any atom is 0.347 e. The minimum Gasteiger partial charge on any atom is -0.490 e. The Hall–Kier alpha value is -2.72. The highest BCUT2D eigenvalue weighted by atomic mass is 79.9. The zero-order chi connectivity index (χ0) is 24.1. The molecule has 8 nitrogen and oxygen atoms in total.